The Labute approximate surface area is 152 Å². The Morgan fingerprint density at radius 1 is 1.19 bits per heavy atom. The van der Waals surface area contributed by atoms with Gasteiger partial charge in [-0.15, -0.1) is 0 Å². The summed E-state index contributed by atoms with van der Waals surface area (Å²) in [4.78, 5) is 18.8. The average Bonchev–Trinajstić information content (AvgIpc) is 2.60. The van der Waals surface area contributed by atoms with Crippen molar-refractivity contribution in [3.05, 3.63) is 56.6 Å². The SMILES string of the molecule is CCc1ccc(-c2cc(C(F)(F)F)c3c(=O)[nH]c(=S)n(CC)c3n2)cc1. The van der Waals surface area contributed by atoms with Crippen LogP contribution in [0.4, 0.5) is 13.2 Å². The normalized spacial score (nSPS) is 11.9. The Hall–Kier alpha value is -2.48. The second-order valence-electron chi connectivity index (χ2n) is 5.81. The van der Waals surface area contributed by atoms with Crippen molar-refractivity contribution in [1.82, 2.24) is 14.5 Å². The highest BCUT2D eigenvalue weighted by Crippen LogP contribution is 2.35. The predicted molar refractivity (Wildman–Crippen MR) is 96.7 cm³/mol. The van der Waals surface area contributed by atoms with Gasteiger partial charge in [0.15, 0.2) is 4.77 Å². The van der Waals surface area contributed by atoms with Crippen LogP contribution in [-0.4, -0.2) is 14.5 Å². The topological polar surface area (TPSA) is 50.7 Å². The lowest BCUT2D eigenvalue weighted by atomic mass is 10.0. The maximum atomic E-state index is 13.6. The number of benzene rings is 1. The largest absolute Gasteiger partial charge is 0.417 e. The van der Waals surface area contributed by atoms with E-state index in [-0.39, 0.29) is 22.7 Å². The zero-order valence-electron chi connectivity index (χ0n) is 14.1. The van der Waals surface area contributed by atoms with Gasteiger partial charge in [-0.25, -0.2) is 4.98 Å². The van der Waals surface area contributed by atoms with Gasteiger partial charge in [-0.2, -0.15) is 13.2 Å². The van der Waals surface area contributed by atoms with E-state index in [1.807, 2.05) is 19.1 Å². The first-order valence-corrected chi connectivity index (χ1v) is 8.51. The van der Waals surface area contributed by atoms with Crippen molar-refractivity contribution in [2.45, 2.75) is 33.0 Å². The highest BCUT2D eigenvalue weighted by molar-refractivity contribution is 7.71. The molecule has 4 nitrogen and oxygen atoms in total. The van der Waals surface area contributed by atoms with E-state index in [4.69, 9.17) is 12.2 Å². The fourth-order valence-electron chi connectivity index (χ4n) is 2.85. The summed E-state index contributed by atoms with van der Waals surface area (Å²) >= 11 is 5.08. The van der Waals surface area contributed by atoms with Crippen LogP contribution < -0.4 is 5.56 Å². The van der Waals surface area contributed by atoms with Crippen LogP contribution in [0.3, 0.4) is 0 Å². The van der Waals surface area contributed by atoms with Crippen LogP contribution >= 0.6 is 12.2 Å². The molecule has 1 N–H and O–H groups in total. The lowest BCUT2D eigenvalue weighted by molar-refractivity contribution is -0.136. The predicted octanol–water partition coefficient (Wildman–Crippen LogP) is 4.72. The van der Waals surface area contributed by atoms with Crippen molar-refractivity contribution in [2.24, 2.45) is 0 Å². The van der Waals surface area contributed by atoms with Crippen LogP contribution in [0.1, 0.15) is 25.0 Å². The molecular weight excluding hydrogens is 363 g/mol. The number of hydrogen-bond donors (Lipinski definition) is 1. The van der Waals surface area contributed by atoms with E-state index in [0.29, 0.717) is 5.56 Å². The number of aryl methyl sites for hydroxylation is 2. The number of nitrogens with zero attached hydrogens (tertiary/aromatic N) is 2. The maximum Gasteiger partial charge on any atom is 0.417 e. The van der Waals surface area contributed by atoms with Crippen molar-refractivity contribution >= 4 is 23.3 Å². The maximum absolute atomic E-state index is 13.6. The van der Waals surface area contributed by atoms with Gasteiger partial charge >= 0.3 is 6.18 Å². The van der Waals surface area contributed by atoms with Gasteiger partial charge in [0.2, 0.25) is 0 Å². The molecule has 0 radical (unpaired) electrons. The van der Waals surface area contributed by atoms with Gasteiger partial charge < -0.3 is 4.57 Å². The Morgan fingerprint density at radius 2 is 1.85 bits per heavy atom. The molecule has 3 aromatic rings. The number of hydrogen-bond acceptors (Lipinski definition) is 3. The molecule has 0 fully saturated rings. The first-order valence-electron chi connectivity index (χ1n) is 8.10. The van der Waals surface area contributed by atoms with Gasteiger partial charge in [-0.3, -0.25) is 9.78 Å². The molecule has 0 amide bonds. The summed E-state index contributed by atoms with van der Waals surface area (Å²) in [5.41, 5.74) is -0.208. The molecule has 0 saturated heterocycles. The summed E-state index contributed by atoms with van der Waals surface area (Å²) in [6, 6.07) is 8.06. The minimum absolute atomic E-state index is 0.0455. The highest BCUT2D eigenvalue weighted by Gasteiger charge is 2.35. The number of aromatic nitrogens is 3. The molecule has 2 aromatic heterocycles. The van der Waals surface area contributed by atoms with Crippen LogP contribution in [0.25, 0.3) is 22.3 Å². The molecule has 3 rings (SSSR count). The molecule has 1 aromatic carbocycles. The van der Waals surface area contributed by atoms with Gasteiger partial charge in [0.1, 0.15) is 5.65 Å². The molecule has 136 valence electrons. The summed E-state index contributed by atoms with van der Waals surface area (Å²) in [7, 11) is 0. The quantitative estimate of drug-likeness (QED) is 0.670. The van der Waals surface area contributed by atoms with Crippen molar-refractivity contribution in [1.29, 1.82) is 0 Å². The third-order valence-electron chi connectivity index (χ3n) is 4.23. The van der Waals surface area contributed by atoms with Crippen molar-refractivity contribution in [2.75, 3.05) is 0 Å². The molecule has 8 heteroatoms. The first-order chi connectivity index (χ1) is 12.3. The fraction of sp³-hybridized carbons (Fsp3) is 0.278. The average molecular weight is 379 g/mol. The molecule has 0 spiro atoms. The third-order valence-corrected chi connectivity index (χ3v) is 4.55. The van der Waals surface area contributed by atoms with Crippen molar-refractivity contribution in [3.63, 3.8) is 0 Å². The molecule has 0 saturated carbocycles. The van der Waals surface area contributed by atoms with Gasteiger partial charge in [0.05, 0.1) is 16.6 Å². The number of alkyl halides is 3. The van der Waals surface area contributed by atoms with E-state index in [1.54, 1.807) is 19.1 Å². The van der Waals surface area contributed by atoms with Crippen LogP contribution in [0.15, 0.2) is 35.1 Å². The Bertz CT molecular complexity index is 1080. The summed E-state index contributed by atoms with van der Waals surface area (Å²) < 4.78 is 42.3. The van der Waals surface area contributed by atoms with Gasteiger partial charge in [0, 0.05) is 12.1 Å². The standard InChI is InChI=1S/C18H16F3N3OS/c1-3-10-5-7-11(8-6-10)13-9-12(18(19,20)21)14-15(22-13)24(4-2)17(26)23-16(14)25/h5-9H,3-4H2,1-2H3,(H,23,25,26). The zero-order valence-corrected chi connectivity index (χ0v) is 15.0. The second kappa shape index (κ2) is 6.68. The number of pyridine rings is 1. The van der Waals surface area contributed by atoms with Gasteiger partial charge in [-0.05, 0) is 37.2 Å². The molecule has 0 bridgehead atoms. The molecule has 0 atom stereocenters. The monoisotopic (exact) mass is 379 g/mol. The van der Waals surface area contributed by atoms with E-state index < -0.39 is 22.7 Å². The molecular formula is C18H16F3N3OS. The number of aromatic amines is 1. The molecule has 0 aliphatic heterocycles. The van der Waals surface area contributed by atoms with Crippen LogP contribution in [0, 0.1) is 4.77 Å². The summed E-state index contributed by atoms with van der Waals surface area (Å²) in [5.74, 6) is 0. The minimum Gasteiger partial charge on any atom is -0.303 e. The molecule has 0 unspecified atom stereocenters. The molecule has 0 aliphatic carbocycles. The van der Waals surface area contributed by atoms with Crippen LogP contribution in [0.5, 0.6) is 0 Å². The van der Waals surface area contributed by atoms with E-state index in [0.717, 1.165) is 18.1 Å². The number of halogens is 3. The van der Waals surface area contributed by atoms with Gasteiger partial charge in [0.25, 0.3) is 5.56 Å². The van der Waals surface area contributed by atoms with E-state index in [9.17, 15) is 18.0 Å². The van der Waals surface area contributed by atoms with Crippen LogP contribution in [-0.2, 0) is 19.1 Å². The zero-order chi connectivity index (χ0) is 19.1. The number of nitrogens with one attached hydrogen (secondary N) is 1. The summed E-state index contributed by atoms with van der Waals surface area (Å²) in [6.07, 6.45) is -3.87. The summed E-state index contributed by atoms with van der Waals surface area (Å²) in [6.45, 7) is 4.01. The third kappa shape index (κ3) is 3.16. The van der Waals surface area contributed by atoms with E-state index in [2.05, 4.69) is 9.97 Å². The molecule has 0 aliphatic rings. The Balaban J connectivity index is 2.42. The number of rotatable bonds is 3. The van der Waals surface area contributed by atoms with Crippen LogP contribution in [0.2, 0.25) is 0 Å². The minimum atomic E-state index is -4.69. The second-order valence-corrected chi connectivity index (χ2v) is 6.19. The first kappa shape index (κ1) is 18.3. The van der Waals surface area contributed by atoms with E-state index >= 15 is 0 Å². The lowest BCUT2D eigenvalue weighted by Crippen LogP contribution is -2.20. The Kier molecular flexibility index (Phi) is 4.70. The lowest BCUT2D eigenvalue weighted by Gasteiger charge is -2.15. The fourth-order valence-corrected chi connectivity index (χ4v) is 3.16. The smallest absolute Gasteiger partial charge is 0.303 e. The van der Waals surface area contributed by atoms with E-state index in [1.165, 1.54) is 4.57 Å². The molecule has 26 heavy (non-hydrogen) atoms. The van der Waals surface area contributed by atoms with Crippen molar-refractivity contribution in [3.8, 4) is 11.3 Å². The summed E-state index contributed by atoms with van der Waals surface area (Å²) in [5, 5.41) is -0.498. The van der Waals surface area contributed by atoms with Gasteiger partial charge in [-0.1, -0.05) is 31.2 Å². The Morgan fingerprint density at radius 3 is 2.38 bits per heavy atom. The molecule has 2 heterocycles. The van der Waals surface area contributed by atoms with Crippen molar-refractivity contribution < 1.29 is 13.2 Å². The highest BCUT2D eigenvalue weighted by atomic mass is 32.1. The number of fused-ring (bicyclic) bond motifs is 1. The number of H-pyrrole nitrogens is 1.